The summed E-state index contributed by atoms with van der Waals surface area (Å²) in [4.78, 5) is 11.4. The van der Waals surface area contributed by atoms with Gasteiger partial charge in [0.2, 0.25) is 0 Å². The minimum absolute atomic E-state index is 0.0576. The average Bonchev–Trinajstić information content (AvgIpc) is 3.11. The van der Waals surface area contributed by atoms with Crippen molar-refractivity contribution in [1.29, 1.82) is 0 Å². The second kappa shape index (κ2) is 7.23. The Morgan fingerprint density at radius 2 is 2.00 bits per heavy atom. The Morgan fingerprint density at radius 1 is 1.20 bits per heavy atom. The first-order valence-corrected chi connectivity index (χ1v) is 7.73. The van der Waals surface area contributed by atoms with E-state index < -0.39 is 5.91 Å². The van der Waals surface area contributed by atoms with E-state index in [9.17, 15) is 4.79 Å². The van der Waals surface area contributed by atoms with E-state index in [0.29, 0.717) is 27.8 Å². The van der Waals surface area contributed by atoms with Crippen LogP contribution in [0.25, 0.3) is 11.3 Å². The number of hydrogen-bond donors (Lipinski definition) is 2. The predicted octanol–water partition coefficient (Wildman–Crippen LogP) is 2.81. The zero-order valence-corrected chi connectivity index (χ0v) is 14.1. The van der Waals surface area contributed by atoms with Crippen LogP contribution in [0.5, 0.6) is 11.5 Å². The molecule has 1 heterocycles. The Hall–Kier alpha value is -3.06. The summed E-state index contributed by atoms with van der Waals surface area (Å²) in [5.41, 5.74) is 7.18. The van der Waals surface area contributed by atoms with Crippen molar-refractivity contribution in [3.8, 4) is 22.8 Å². The summed E-state index contributed by atoms with van der Waals surface area (Å²) < 4.78 is 11.2. The van der Waals surface area contributed by atoms with Crippen molar-refractivity contribution < 1.29 is 14.3 Å². The number of nitrogens with two attached hydrogens (primary N) is 1. The van der Waals surface area contributed by atoms with Gasteiger partial charge in [-0.2, -0.15) is 15.4 Å². The normalized spacial score (nSPS) is 10.5. The molecule has 0 bridgehead atoms. The number of benzene rings is 2. The highest BCUT2D eigenvalue weighted by molar-refractivity contribution is 6.31. The molecule has 0 saturated carbocycles. The molecule has 0 saturated heterocycles. The molecule has 0 aliphatic heterocycles. The molecule has 25 heavy (non-hydrogen) atoms. The van der Waals surface area contributed by atoms with Crippen molar-refractivity contribution >= 4 is 17.5 Å². The number of nitrogens with one attached hydrogen (secondary N) is 1. The Labute approximate surface area is 148 Å². The number of methoxy groups -OCH3 is 1. The van der Waals surface area contributed by atoms with Crippen LogP contribution in [-0.2, 0) is 6.61 Å². The second-order valence-corrected chi connectivity index (χ2v) is 5.54. The molecule has 0 aliphatic rings. The summed E-state index contributed by atoms with van der Waals surface area (Å²) in [6, 6.07) is 12.6. The molecule has 8 heteroatoms. The van der Waals surface area contributed by atoms with Crippen molar-refractivity contribution in [3.05, 3.63) is 58.7 Å². The first-order valence-electron chi connectivity index (χ1n) is 7.35. The van der Waals surface area contributed by atoms with Crippen LogP contribution in [0.3, 0.4) is 0 Å². The van der Waals surface area contributed by atoms with E-state index >= 15 is 0 Å². The number of primary amides is 1. The van der Waals surface area contributed by atoms with E-state index in [2.05, 4.69) is 15.4 Å². The van der Waals surface area contributed by atoms with Crippen LogP contribution in [0.2, 0.25) is 5.02 Å². The van der Waals surface area contributed by atoms with Gasteiger partial charge in [-0.3, -0.25) is 4.79 Å². The van der Waals surface area contributed by atoms with Crippen LogP contribution in [0, 0.1) is 0 Å². The van der Waals surface area contributed by atoms with Gasteiger partial charge in [-0.15, -0.1) is 0 Å². The summed E-state index contributed by atoms with van der Waals surface area (Å²) in [5.74, 6) is 0.358. The molecule has 0 atom stereocenters. The van der Waals surface area contributed by atoms with Crippen LogP contribution in [0.1, 0.15) is 16.1 Å². The summed E-state index contributed by atoms with van der Waals surface area (Å²) in [6.07, 6.45) is 0. The minimum atomic E-state index is -0.668. The van der Waals surface area contributed by atoms with Gasteiger partial charge < -0.3 is 15.2 Å². The first-order chi connectivity index (χ1) is 12.1. The number of aromatic amines is 1. The number of H-pyrrole nitrogens is 1. The van der Waals surface area contributed by atoms with E-state index in [-0.39, 0.29) is 12.3 Å². The van der Waals surface area contributed by atoms with Crippen molar-refractivity contribution in [2.45, 2.75) is 6.61 Å². The molecule has 0 radical (unpaired) electrons. The molecule has 1 amide bonds. The molecule has 0 aliphatic carbocycles. The van der Waals surface area contributed by atoms with Crippen molar-refractivity contribution in [3.63, 3.8) is 0 Å². The number of carbonyl (C=O) groups excluding carboxylic acids is 1. The molecule has 0 spiro atoms. The maximum atomic E-state index is 11.4. The molecule has 128 valence electrons. The van der Waals surface area contributed by atoms with Gasteiger partial charge in [-0.05, 0) is 24.3 Å². The van der Waals surface area contributed by atoms with Crippen LogP contribution in [0.4, 0.5) is 0 Å². The van der Waals surface area contributed by atoms with E-state index in [1.54, 1.807) is 31.4 Å². The molecule has 2 aromatic carbocycles. The Bertz CT molecular complexity index is 910. The smallest absolute Gasteiger partial charge is 0.271 e. The zero-order chi connectivity index (χ0) is 17.8. The third kappa shape index (κ3) is 3.56. The van der Waals surface area contributed by atoms with Gasteiger partial charge in [0, 0.05) is 16.1 Å². The Morgan fingerprint density at radius 3 is 2.72 bits per heavy atom. The summed E-state index contributed by atoms with van der Waals surface area (Å²) >= 11 is 6.15. The summed E-state index contributed by atoms with van der Waals surface area (Å²) in [6.45, 7) is 0.265. The quantitative estimate of drug-likeness (QED) is 0.705. The number of rotatable bonds is 6. The van der Waals surface area contributed by atoms with Gasteiger partial charge in [0.15, 0.2) is 17.2 Å². The number of amides is 1. The minimum Gasteiger partial charge on any atom is -0.493 e. The first kappa shape index (κ1) is 16.8. The average molecular weight is 359 g/mol. The lowest BCUT2D eigenvalue weighted by atomic mass is 10.1. The molecular weight excluding hydrogens is 344 g/mol. The highest BCUT2D eigenvalue weighted by atomic mass is 35.5. The van der Waals surface area contributed by atoms with Crippen LogP contribution >= 0.6 is 11.6 Å². The fourth-order valence-electron chi connectivity index (χ4n) is 2.31. The van der Waals surface area contributed by atoms with Gasteiger partial charge >= 0.3 is 0 Å². The number of hydrogen-bond acceptors (Lipinski definition) is 5. The molecule has 3 N–H and O–H groups in total. The van der Waals surface area contributed by atoms with Crippen molar-refractivity contribution in [2.75, 3.05) is 7.11 Å². The van der Waals surface area contributed by atoms with Gasteiger partial charge in [-0.1, -0.05) is 29.8 Å². The van der Waals surface area contributed by atoms with Gasteiger partial charge in [0.25, 0.3) is 5.91 Å². The van der Waals surface area contributed by atoms with Crippen molar-refractivity contribution in [1.82, 2.24) is 15.4 Å². The van der Waals surface area contributed by atoms with Crippen LogP contribution in [-0.4, -0.2) is 28.4 Å². The van der Waals surface area contributed by atoms with Crippen LogP contribution < -0.4 is 15.2 Å². The SMILES string of the molecule is COc1ccc(-c2n[nH]nc2C(N)=O)cc1OCc1ccccc1Cl. The molecule has 3 aromatic rings. The van der Waals surface area contributed by atoms with E-state index in [1.807, 2.05) is 18.2 Å². The maximum absolute atomic E-state index is 11.4. The van der Waals surface area contributed by atoms with E-state index in [0.717, 1.165) is 5.56 Å². The van der Waals surface area contributed by atoms with Gasteiger partial charge in [-0.25, -0.2) is 0 Å². The number of aromatic nitrogens is 3. The monoisotopic (exact) mass is 358 g/mol. The number of carbonyl (C=O) groups is 1. The number of nitrogens with zero attached hydrogens (tertiary/aromatic N) is 2. The Balaban J connectivity index is 1.91. The molecule has 0 unspecified atom stereocenters. The number of halogens is 1. The lowest BCUT2D eigenvalue weighted by Crippen LogP contribution is -2.12. The zero-order valence-electron chi connectivity index (χ0n) is 13.3. The van der Waals surface area contributed by atoms with E-state index in [1.165, 1.54) is 0 Å². The molecule has 1 aromatic heterocycles. The lowest BCUT2D eigenvalue weighted by Gasteiger charge is -2.12. The Kier molecular flexibility index (Phi) is 4.85. The van der Waals surface area contributed by atoms with Gasteiger partial charge in [0.1, 0.15) is 12.3 Å². The van der Waals surface area contributed by atoms with E-state index in [4.69, 9.17) is 26.8 Å². The molecule has 3 rings (SSSR count). The fraction of sp³-hybridized carbons (Fsp3) is 0.118. The predicted molar refractivity (Wildman–Crippen MR) is 92.7 cm³/mol. The molecular formula is C17H15ClN4O3. The topological polar surface area (TPSA) is 103 Å². The number of ether oxygens (including phenoxy) is 2. The molecule has 7 nitrogen and oxygen atoms in total. The summed E-state index contributed by atoms with van der Waals surface area (Å²) in [5, 5.41) is 10.8. The third-order valence-electron chi connectivity index (χ3n) is 3.56. The standard InChI is InChI=1S/C17H15ClN4O3/c1-24-13-7-6-10(15-16(17(19)23)21-22-20-15)8-14(13)25-9-11-4-2-3-5-12(11)18/h2-8H,9H2,1H3,(H2,19,23)(H,20,21,22). The lowest BCUT2D eigenvalue weighted by molar-refractivity contribution is 0.0996. The maximum Gasteiger partial charge on any atom is 0.271 e. The van der Waals surface area contributed by atoms with Crippen molar-refractivity contribution in [2.24, 2.45) is 5.73 Å². The molecule has 0 fully saturated rings. The largest absolute Gasteiger partial charge is 0.493 e. The third-order valence-corrected chi connectivity index (χ3v) is 3.93. The second-order valence-electron chi connectivity index (χ2n) is 5.13. The highest BCUT2D eigenvalue weighted by Crippen LogP contribution is 2.33. The van der Waals surface area contributed by atoms with Gasteiger partial charge in [0.05, 0.1) is 7.11 Å². The summed E-state index contributed by atoms with van der Waals surface area (Å²) in [7, 11) is 1.54. The fourth-order valence-corrected chi connectivity index (χ4v) is 2.50. The highest BCUT2D eigenvalue weighted by Gasteiger charge is 2.17. The van der Waals surface area contributed by atoms with Crippen LogP contribution in [0.15, 0.2) is 42.5 Å².